The Morgan fingerprint density at radius 1 is 1.03 bits per heavy atom. The van der Waals surface area contributed by atoms with Gasteiger partial charge in [0, 0.05) is 11.6 Å². The van der Waals surface area contributed by atoms with Gasteiger partial charge in [0.15, 0.2) is 0 Å². The summed E-state index contributed by atoms with van der Waals surface area (Å²) in [5.41, 5.74) is 6.09. The van der Waals surface area contributed by atoms with Gasteiger partial charge >= 0.3 is 0 Å². The van der Waals surface area contributed by atoms with Crippen LogP contribution in [-0.4, -0.2) is 17.5 Å². The van der Waals surface area contributed by atoms with E-state index < -0.39 is 0 Å². The lowest BCUT2D eigenvalue weighted by molar-refractivity contribution is -0.122. The molecule has 0 bridgehead atoms. The normalized spacial score (nSPS) is 18.2. The van der Waals surface area contributed by atoms with E-state index in [1.807, 2.05) is 60.8 Å². The topological polar surface area (TPSA) is 70.6 Å². The van der Waals surface area contributed by atoms with E-state index in [0.29, 0.717) is 16.3 Å². The van der Waals surface area contributed by atoms with Crippen molar-refractivity contribution in [1.29, 1.82) is 0 Å². The molecule has 1 fully saturated rings. The van der Waals surface area contributed by atoms with Gasteiger partial charge in [-0.15, -0.1) is 11.3 Å². The summed E-state index contributed by atoms with van der Waals surface area (Å²) in [7, 11) is 0. The maximum Gasteiger partial charge on any atom is 0.265 e. The minimum atomic E-state index is -0.138. The zero-order valence-electron chi connectivity index (χ0n) is 16.0. The third kappa shape index (κ3) is 4.60. The molecule has 29 heavy (non-hydrogen) atoms. The molecule has 1 heterocycles. The monoisotopic (exact) mass is 403 g/mol. The Kier molecular flexibility index (Phi) is 5.53. The van der Waals surface area contributed by atoms with Gasteiger partial charge < -0.3 is 5.32 Å². The van der Waals surface area contributed by atoms with Crippen LogP contribution in [0.2, 0.25) is 0 Å². The van der Waals surface area contributed by atoms with Gasteiger partial charge in [-0.1, -0.05) is 48.5 Å². The average Bonchev–Trinajstić information content (AvgIpc) is 3.36. The molecule has 2 aromatic carbocycles. The third-order valence-electron chi connectivity index (χ3n) is 4.97. The molecule has 3 aromatic rings. The number of thiophene rings is 1. The van der Waals surface area contributed by atoms with Gasteiger partial charge in [0.05, 0.1) is 10.6 Å². The predicted molar refractivity (Wildman–Crippen MR) is 116 cm³/mol. The van der Waals surface area contributed by atoms with Gasteiger partial charge in [-0.05, 0) is 54.0 Å². The van der Waals surface area contributed by atoms with Crippen LogP contribution < -0.4 is 10.7 Å². The average molecular weight is 404 g/mol. The van der Waals surface area contributed by atoms with Crippen LogP contribution in [0.5, 0.6) is 0 Å². The molecule has 1 aliphatic carbocycles. The van der Waals surface area contributed by atoms with E-state index in [4.69, 9.17) is 0 Å². The van der Waals surface area contributed by atoms with Crippen LogP contribution in [0.1, 0.15) is 40.1 Å². The molecule has 0 radical (unpaired) electrons. The van der Waals surface area contributed by atoms with Crippen molar-refractivity contribution in [2.24, 2.45) is 11.0 Å². The van der Waals surface area contributed by atoms with Crippen LogP contribution in [0, 0.1) is 5.92 Å². The fourth-order valence-corrected chi connectivity index (χ4v) is 3.88. The number of hydrogen-bond donors (Lipinski definition) is 2. The molecule has 5 nitrogen and oxygen atoms in total. The largest absolute Gasteiger partial charge is 0.321 e. The summed E-state index contributed by atoms with van der Waals surface area (Å²) < 4.78 is 0. The quantitative estimate of drug-likeness (QED) is 0.465. The van der Waals surface area contributed by atoms with E-state index in [-0.39, 0.29) is 23.7 Å². The van der Waals surface area contributed by atoms with E-state index in [1.54, 1.807) is 6.07 Å². The van der Waals surface area contributed by atoms with Crippen molar-refractivity contribution < 1.29 is 9.59 Å². The van der Waals surface area contributed by atoms with Crippen molar-refractivity contribution in [3.63, 3.8) is 0 Å². The number of anilines is 1. The van der Waals surface area contributed by atoms with Crippen molar-refractivity contribution in [1.82, 2.24) is 5.43 Å². The molecule has 0 spiro atoms. The van der Waals surface area contributed by atoms with Gasteiger partial charge in [0.2, 0.25) is 5.91 Å². The van der Waals surface area contributed by atoms with E-state index in [1.165, 1.54) is 16.9 Å². The summed E-state index contributed by atoms with van der Waals surface area (Å²) in [6, 6.07) is 21.1. The Bertz CT molecular complexity index is 1050. The SMILES string of the molecule is C/C(=N/NC(=O)[C@H]1C[C@H]1c1ccccc1)c1cccc(NC(=O)c2cccs2)c1. The minimum Gasteiger partial charge on any atom is -0.321 e. The standard InChI is InChI=1S/C23H21N3O2S/c1-15(25-26-22(27)20-14-19(20)16-7-3-2-4-8-16)17-9-5-10-18(13-17)24-23(28)21-11-6-12-29-21/h2-13,19-20H,14H2,1H3,(H,24,28)(H,26,27)/b25-15-/t19-,20-/m0/s1. The Balaban J connectivity index is 1.37. The lowest BCUT2D eigenvalue weighted by Gasteiger charge is -2.07. The second-order valence-electron chi connectivity index (χ2n) is 7.04. The van der Waals surface area contributed by atoms with Gasteiger partial charge in [-0.25, -0.2) is 5.43 Å². The lowest BCUT2D eigenvalue weighted by Crippen LogP contribution is -2.21. The van der Waals surface area contributed by atoms with E-state index in [2.05, 4.69) is 28.0 Å². The first-order valence-corrected chi connectivity index (χ1v) is 10.3. The molecule has 1 aromatic heterocycles. The van der Waals surface area contributed by atoms with Crippen LogP contribution in [-0.2, 0) is 4.79 Å². The number of benzene rings is 2. The highest BCUT2D eigenvalue weighted by atomic mass is 32.1. The number of carbonyl (C=O) groups excluding carboxylic acids is 2. The van der Waals surface area contributed by atoms with Crippen LogP contribution in [0.25, 0.3) is 0 Å². The van der Waals surface area contributed by atoms with E-state index in [9.17, 15) is 9.59 Å². The van der Waals surface area contributed by atoms with E-state index in [0.717, 1.165) is 12.0 Å². The minimum absolute atomic E-state index is 0.0228. The Morgan fingerprint density at radius 2 is 1.86 bits per heavy atom. The summed E-state index contributed by atoms with van der Waals surface area (Å²) in [5.74, 6) is 0.0638. The van der Waals surface area contributed by atoms with Crippen LogP contribution in [0.3, 0.4) is 0 Å². The number of hydrogen-bond acceptors (Lipinski definition) is 4. The second kappa shape index (κ2) is 8.41. The molecule has 2 atom stereocenters. The van der Waals surface area contributed by atoms with Crippen LogP contribution in [0.15, 0.2) is 77.2 Å². The zero-order valence-corrected chi connectivity index (χ0v) is 16.8. The molecule has 0 saturated heterocycles. The number of nitrogens with one attached hydrogen (secondary N) is 2. The van der Waals surface area contributed by atoms with Gasteiger partial charge in [-0.3, -0.25) is 9.59 Å². The third-order valence-corrected chi connectivity index (χ3v) is 5.84. The number of rotatable bonds is 6. The molecule has 2 amide bonds. The lowest BCUT2D eigenvalue weighted by atomic mass is 10.1. The fraction of sp³-hybridized carbons (Fsp3) is 0.174. The highest BCUT2D eigenvalue weighted by molar-refractivity contribution is 7.12. The Labute approximate surface area is 173 Å². The van der Waals surface area contributed by atoms with Crippen molar-refractivity contribution >= 4 is 34.6 Å². The first-order chi connectivity index (χ1) is 14.1. The number of carbonyl (C=O) groups is 2. The maximum absolute atomic E-state index is 12.4. The molecular weight excluding hydrogens is 382 g/mol. The smallest absolute Gasteiger partial charge is 0.265 e. The highest BCUT2D eigenvalue weighted by Crippen LogP contribution is 2.47. The van der Waals surface area contributed by atoms with Gasteiger partial charge in [-0.2, -0.15) is 5.10 Å². The molecule has 2 N–H and O–H groups in total. The van der Waals surface area contributed by atoms with Crippen molar-refractivity contribution in [2.75, 3.05) is 5.32 Å². The number of nitrogens with zero attached hydrogens (tertiary/aromatic N) is 1. The summed E-state index contributed by atoms with van der Waals surface area (Å²) in [4.78, 5) is 25.3. The molecule has 1 aliphatic rings. The van der Waals surface area contributed by atoms with Crippen molar-refractivity contribution in [3.8, 4) is 0 Å². The molecule has 4 rings (SSSR count). The van der Waals surface area contributed by atoms with Gasteiger partial charge in [0.25, 0.3) is 5.91 Å². The van der Waals surface area contributed by atoms with Gasteiger partial charge in [0.1, 0.15) is 0 Å². The predicted octanol–water partition coefficient (Wildman–Crippen LogP) is 4.64. The Hall–Kier alpha value is -3.25. The molecule has 0 unspecified atom stereocenters. The summed E-state index contributed by atoms with van der Waals surface area (Å²) >= 11 is 1.40. The zero-order chi connectivity index (χ0) is 20.2. The summed E-state index contributed by atoms with van der Waals surface area (Å²) in [5, 5.41) is 9.01. The fourth-order valence-electron chi connectivity index (χ4n) is 3.26. The molecular formula is C23H21N3O2S. The van der Waals surface area contributed by atoms with E-state index >= 15 is 0 Å². The molecule has 6 heteroatoms. The van der Waals surface area contributed by atoms with Crippen molar-refractivity contribution in [3.05, 3.63) is 88.1 Å². The number of amides is 2. The highest BCUT2D eigenvalue weighted by Gasteiger charge is 2.43. The molecule has 0 aliphatic heterocycles. The maximum atomic E-state index is 12.4. The van der Waals surface area contributed by atoms with Crippen LogP contribution >= 0.6 is 11.3 Å². The second-order valence-corrected chi connectivity index (χ2v) is 7.99. The number of hydrazone groups is 1. The first-order valence-electron chi connectivity index (χ1n) is 9.46. The molecule has 146 valence electrons. The van der Waals surface area contributed by atoms with Crippen LogP contribution in [0.4, 0.5) is 5.69 Å². The van der Waals surface area contributed by atoms with Crippen molar-refractivity contribution in [2.45, 2.75) is 19.3 Å². The Morgan fingerprint density at radius 3 is 2.62 bits per heavy atom. The molecule has 1 saturated carbocycles. The first kappa shape index (κ1) is 19.1. The summed E-state index contributed by atoms with van der Waals surface area (Å²) in [6.45, 7) is 1.84. The summed E-state index contributed by atoms with van der Waals surface area (Å²) in [6.07, 6.45) is 0.856.